The third-order valence-electron chi connectivity index (χ3n) is 15.9. The number of carbonyl (C=O) groups excluding carboxylic acids is 4. The molecule has 0 rings (SSSR count). The summed E-state index contributed by atoms with van der Waals surface area (Å²) in [4.78, 5) is 72.4. The lowest BCUT2D eigenvalue weighted by molar-refractivity contribution is -0.161. The molecule has 0 aliphatic heterocycles. The Bertz CT molecular complexity index is 1730. The van der Waals surface area contributed by atoms with Crippen LogP contribution in [0, 0.1) is 23.7 Å². The van der Waals surface area contributed by atoms with E-state index >= 15 is 0 Å². The number of hydrogen-bond acceptors (Lipinski definition) is 15. The van der Waals surface area contributed by atoms with Crippen molar-refractivity contribution in [2.75, 3.05) is 39.6 Å². The molecule has 0 aliphatic rings. The van der Waals surface area contributed by atoms with E-state index in [-0.39, 0.29) is 25.7 Å². The van der Waals surface area contributed by atoms with Gasteiger partial charge in [0, 0.05) is 25.7 Å². The molecular weight excluding hydrogens is 1150 g/mol. The third kappa shape index (κ3) is 61.3. The molecule has 19 heteroatoms. The third-order valence-corrected chi connectivity index (χ3v) is 17.8. The van der Waals surface area contributed by atoms with Crippen molar-refractivity contribution in [2.45, 2.75) is 350 Å². The summed E-state index contributed by atoms with van der Waals surface area (Å²) in [5.41, 5.74) is 0. The van der Waals surface area contributed by atoms with Gasteiger partial charge in [0.25, 0.3) is 0 Å². The highest BCUT2D eigenvalue weighted by Crippen LogP contribution is 2.45. The van der Waals surface area contributed by atoms with Crippen molar-refractivity contribution in [3.63, 3.8) is 0 Å². The van der Waals surface area contributed by atoms with E-state index < -0.39 is 97.5 Å². The first-order chi connectivity index (χ1) is 41.6. The van der Waals surface area contributed by atoms with Crippen molar-refractivity contribution in [3.05, 3.63) is 0 Å². The minimum absolute atomic E-state index is 0.103. The fourth-order valence-electron chi connectivity index (χ4n) is 10.1. The van der Waals surface area contributed by atoms with Crippen molar-refractivity contribution >= 4 is 39.5 Å². The Morgan fingerprint density at radius 1 is 0.322 bits per heavy atom. The van der Waals surface area contributed by atoms with Gasteiger partial charge in [-0.05, 0) is 49.4 Å². The molecular formula is C68H132O17P2. The number of aliphatic hydroxyl groups excluding tert-OH is 1. The first-order valence-corrected chi connectivity index (χ1v) is 38.2. The summed E-state index contributed by atoms with van der Waals surface area (Å²) in [6.45, 7) is 14.0. The lowest BCUT2D eigenvalue weighted by Gasteiger charge is -2.21. The van der Waals surface area contributed by atoms with Crippen molar-refractivity contribution in [1.82, 2.24) is 0 Å². The normalized spacial score (nSPS) is 14.6. The average molecular weight is 1280 g/mol. The lowest BCUT2D eigenvalue weighted by atomic mass is 9.99. The minimum Gasteiger partial charge on any atom is -0.462 e. The van der Waals surface area contributed by atoms with Crippen LogP contribution in [0.2, 0.25) is 0 Å². The molecule has 0 radical (unpaired) electrons. The summed E-state index contributed by atoms with van der Waals surface area (Å²) in [5, 5.41) is 10.6. The second-order valence-corrected chi connectivity index (χ2v) is 29.1. The predicted octanol–water partition coefficient (Wildman–Crippen LogP) is 18.9. The quantitative estimate of drug-likeness (QED) is 0.0222. The summed E-state index contributed by atoms with van der Waals surface area (Å²) in [5.74, 6) is 0.823. The number of hydrogen-bond donors (Lipinski definition) is 3. The van der Waals surface area contributed by atoms with Crippen LogP contribution in [-0.4, -0.2) is 96.7 Å². The molecule has 0 aromatic rings. The van der Waals surface area contributed by atoms with Crippen LogP contribution in [-0.2, 0) is 65.4 Å². The van der Waals surface area contributed by atoms with Gasteiger partial charge in [-0.1, -0.05) is 280 Å². The summed E-state index contributed by atoms with van der Waals surface area (Å²) in [6.07, 6.45) is 39.0. The highest BCUT2D eigenvalue weighted by molar-refractivity contribution is 7.47. The zero-order valence-electron chi connectivity index (χ0n) is 56.6. The summed E-state index contributed by atoms with van der Waals surface area (Å²) in [7, 11) is -9.90. The van der Waals surface area contributed by atoms with Gasteiger partial charge in [-0.2, -0.15) is 0 Å². The van der Waals surface area contributed by atoms with Crippen molar-refractivity contribution in [3.8, 4) is 0 Å². The molecule has 0 fully saturated rings. The Morgan fingerprint density at radius 2 is 0.552 bits per heavy atom. The smallest absolute Gasteiger partial charge is 0.462 e. The van der Waals surface area contributed by atoms with Gasteiger partial charge in [-0.3, -0.25) is 37.3 Å². The molecule has 0 amide bonds. The van der Waals surface area contributed by atoms with E-state index in [1.165, 1.54) is 128 Å². The maximum absolute atomic E-state index is 13.0. The van der Waals surface area contributed by atoms with Crippen molar-refractivity contribution in [2.24, 2.45) is 23.7 Å². The molecule has 516 valence electrons. The topological polar surface area (TPSA) is 237 Å². The fourth-order valence-corrected chi connectivity index (χ4v) is 11.7. The first-order valence-electron chi connectivity index (χ1n) is 35.2. The summed E-state index contributed by atoms with van der Waals surface area (Å²) in [6, 6.07) is 0. The van der Waals surface area contributed by atoms with Crippen LogP contribution in [0.15, 0.2) is 0 Å². The van der Waals surface area contributed by atoms with Crippen molar-refractivity contribution < 1.29 is 80.2 Å². The Kier molecular flexibility index (Phi) is 56.6. The molecule has 87 heavy (non-hydrogen) atoms. The fraction of sp³-hybridized carbons (Fsp3) is 0.941. The SMILES string of the molecule is CCC(C)CCCCCCCCCCC(=O)O[C@H](COC(=O)CCCCCCCCC(C)C)COP(=O)(O)OC[C@H](O)COP(=O)(O)OC[C@@H](COC(=O)CCCCCCCCCCCC(C)C)OC(=O)CCCCCCCCCCCCCC(C)C. The predicted molar refractivity (Wildman–Crippen MR) is 349 cm³/mol. The molecule has 0 aliphatic carbocycles. The van der Waals surface area contributed by atoms with Crippen LogP contribution in [0.3, 0.4) is 0 Å². The number of esters is 4. The van der Waals surface area contributed by atoms with Crippen molar-refractivity contribution in [1.29, 1.82) is 0 Å². The molecule has 3 N–H and O–H groups in total. The molecule has 17 nitrogen and oxygen atoms in total. The number of phosphoric ester groups is 2. The number of carbonyl (C=O) groups is 4. The Labute approximate surface area is 530 Å². The monoisotopic (exact) mass is 1280 g/mol. The van der Waals surface area contributed by atoms with Gasteiger partial charge in [0.2, 0.25) is 0 Å². The lowest BCUT2D eigenvalue weighted by Crippen LogP contribution is -2.30. The second-order valence-electron chi connectivity index (χ2n) is 26.2. The van der Waals surface area contributed by atoms with E-state index in [1.54, 1.807) is 0 Å². The molecule has 0 saturated carbocycles. The molecule has 0 spiro atoms. The highest BCUT2D eigenvalue weighted by Gasteiger charge is 2.30. The van der Waals surface area contributed by atoms with Gasteiger partial charge in [0.05, 0.1) is 26.4 Å². The Balaban J connectivity index is 5.26. The number of ether oxygens (including phenoxy) is 4. The molecule has 0 aromatic heterocycles. The van der Waals surface area contributed by atoms with Crippen LogP contribution >= 0.6 is 15.6 Å². The molecule has 3 unspecified atom stereocenters. The van der Waals surface area contributed by atoms with Gasteiger partial charge in [-0.25, -0.2) is 9.13 Å². The van der Waals surface area contributed by atoms with Crippen LogP contribution in [0.4, 0.5) is 0 Å². The highest BCUT2D eigenvalue weighted by atomic mass is 31.2. The maximum atomic E-state index is 13.0. The first kappa shape index (κ1) is 85.1. The zero-order chi connectivity index (χ0) is 64.7. The largest absolute Gasteiger partial charge is 0.472 e. The summed E-state index contributed by atoms with van der Waals surface area (Å²) < 4.78 is 68.2. The second kappa shape index (κ2) is 57.9. The Hall–Kier alpha value is -1.94. The van der Waals surface area contributed by atoms with Crippen LogP contribution < -0.4 is 0 Å². The van der Waals surface area contributed by atoms with Gasteiger partial charge < -0.3 is 33.8 Å². The molecule has 0 aromatic carbocycles. The van der Waals surface area contributed by atoms with Crippen LogP contribution in [0.5, 0.6) is 0 Å². The number of rotatable bonds is 65. The number of phosphoric acid groups is 2. The van der Waals surface area contributed by atoms with E-state index in [0.29, 0.717) is 31.6 Å². The molecule has 0 bridgehead atoms. The molecule has 6 atom stereocenters. The van der Waals surface area contributed by atoms with E-state index in [0.717, 1.165) is 114 Å². The minimum atomic E-state index is -4.95. The number of aliphatic hydroxyl groups is 1. The van der Waals surface area contributed by atoms with Gasteiger partial charge in [0.15, 0.2) is 12.2 Å². The summed E-state index contributed by atoms with van der Waals surface area (Å²) >= 11 is 0. The van der Waals surface area contributed by atoms with Gasteiger partial charge in [0.1, 0.15) is 19.3 Å². The van der Waals surface area contributed by atoms with Gasteiger partial charge in [-0.15, -0.1) is 0 Å². The standard InChI is InChI=1S/C68H132O17P2/c1-9-61(8)47-39-31-22-18-19-25-35-43-51-68(73)85-64(55-79-66(71)49-41-33-27-26-30-38-46-60(6)7)57-83-87(76,77)81-53-62(69)52-80-86(74,75)82-56-63(54-78-65(70)48-40-32-23-17-13-15-21-29-37-45-59(4)5)84-67(72)50-42-34-24-16-12-10-11-14-20-28-36-44-58(2)3/h58-64,69H,9-57H2,1-8H3,(H,74,75)(H,76,77)/t61?,62-,63-,64-/m1/s1. The zero-order valence-corrected chi connectivity index (χ0v) is 58.4. The van der Waals surface area contributed by atoms with Crippen LogP contribution in [0.1, 0.15) is 331 Å². The van der Waals surface area contributed by atoms with Crippen LogP contribution in [0.25, 0.3) is 0 Å². The van der Waals surface area contributed by atoms with E-state index in [4.69, 9.17) is 37.0 Å². The molecule has 0 heterocycles. The van der Waals surface area contributed by atoms with Gasteiger partial charge >= 0.3 is 39.5 Å². The maximum Gasteiger partial charge on any atom is 0.472 e. The average Bonchev–Trinajstić information content (AvgIpc) is 3.69. The van der Waals surface area contributed by atoms with E-state index in [1.807, 2.05) is 0 Å². The van der Waals surface area contributed by atoms with E-state index in [2.05, 4.69) is 55.4 Å². The molecule has 0 saturated heterocycles. The Morgan fingerprint density at radius 3 is 0.816 bits per heavy atom. The van der Waals surface area contributed by atoms with E-state index in [9.17, 15) is 43.2 Å². The number of unbranched alkanes of at least 4 members (excludes halogenated alkanes) is 30.